The molecule has 0 aliphatic carbocycles. The van der Waals surface area contributed by atoms with Crippen molar-refractivity contribution in [1.29, 1.82) is 0 Å². The third-order valence-corrected chi connectivity index (χ3v) is 3.95. The molecular weight excluding hydrogens is 318 g/mol. The van der Waals surface area contributed by atoms with Crippen LogP contribution in [0.1, 0.15) is 48.2 Å². The zero-order chi connectivity index (χ0) is 18.6. The number of phenols is 1. The second-order valence-electron chi connectivity index (χ2n) is 6.50. The highest BCUT2D eigenvalue weighted by atomic mass is 16.5. The normalized spacial score (nSPS) is 12.0. The van der Waals surface area contributed by atoms with E-state index in [1.807, 2.05) is 24.3 Å². The van der Waals surface area contributed by atoms with Gasteiger partial charge in [-0.25, -0.2) is 0 Å². The van der Waals surface area contributed by atoms with Crippen molar-refractivity contribution in [2.75, 3.05) is 0 Å². The Labute approximate surface area is 147 Å². The number of esters is 1. The Balaban J connectivity index is 2.13. The summed E-state index contributed by atoms with van der Waals surface area (Å²) in [4.78, 5) is 23.6. The average Bonchev–Trinajstić information content (AvgIpc) is 2.56. The molecule has 0 aliphatic heterocycles. The van der Waals surface area contributed by atoms with E-state index in [4.69, 9.17) is 10.5 Å². The molecule has 0 radical (unpaired) electrons. The molecule has 132 valence electrons. The molecular formula is C20H23NO4. The minimum absolute atomic E-state index is 0.0791. The monoisotopic (exact) mass is 341 g/mol. The summed E-state index contributed by atoms with van der Waals surface area (Å²) in [5.41, 5.74) is 7.12. The third kappa shape index (κ3) is 4.59. The van der Waals surface area contributed by atoms with Crippen LogP contribution in [0.3, 0.4) is 0 Å². The molecule has 2 rings (SSSR count). The van der Waals surface area contributed by atoms with Gasteiger partial charge in [0.05, 0.1) is 11.5 Å². The first-order chi connectivity index (χ1) is 11.8. The number of rotatable bonds is 6. The van der Waals surface area contributed by atoms with Gasteiger partial charge >= 0.3 is 5.97 Å². The zero-order valence-electron chi connectivity index (χ0n) is 14.7. The smallest absolute Gasteiger partial charge is 0.318 e. The summed E-state index contributed by atoms with van der Waals surface area (Å²) < 4.78 is 5.25. The van der Waals surface area contributed by atoms with Crippen molar-refractivity contribution < 1.29 is 19.4 Å². The molecule has 0 fully saturated rings. The molecule has 0 bridgehead atoms. The lowest BCUT2D eigenvalue weighted by Crippen LogP contribution is -2.17. The predicted molar refractivity (Wildman–Crippen MR) is 95.7 cm³/mol. The van der Waals surface area contributed by atoms with Crippen LogP contribution in [0, 0.1) is 5.92 Å². The highest BCUT2D eigenvalue weighted by molar-refractivity contribution is 5.96. The zero-order valence-corrected chi connectivity index (χ0v) is 14.7. The maximum absolute atomic E-state index is 12.4. The Morgan fingerprint density at radius 3 is 2.28 bits per heavy atom. The van der Waals surface area contributed by atoms with Crippen LogP contribution in [0.25, 0.3) is 0 Å². The number of para-hydroxylation sites is 1. The van der Waals surface area contributed by atoms with Gasteiger partial charge in [0, 0.05) is 0 Å². The Morgan fingerprint density at radius 2 is 1.72 bits per heavy atom. The highest BCUT2D eigenvalue weighted by Crippen LogP contribution is 2.31. The van der Waals surface area contributed by atoms with E-state index in [-0.39, 0.29) is 11.3 Å². The number of amides is 1. The van der Waals surface area contributed by atoms with Crippen molar-refractivity contribution in [3.8, 4) is 11.5 Å². The third-order valence-electron chi connectivity index (χ3n) is 3.95. The fourth-order valence-corrected chi connectivity index (χ4v) is 2.55. The lowest BCUT2D eigenvalue weighted by Gasteiger charge is -2.14. The van der Waals surface area contributed by atoms with E-state index in [0.29, 0.717) is 5.92 Å². The summed E-state index contributed by atoms with van der Waals surface area (Å²) in [5, 5.41) is 10.0. The molecule has 5 nitrogen and oxygen atoms in total. The number of carbonyl (C=O) groups is 2. The predicted octanol–water partition coefficient (Wildman–Crippen LogP) is 3.40. The second kappa shape index (κ2) is 7.83. The molecule has 0 aromatic heterocycles. The molecule has 0 spiro atoms. The largest absolute Gasteiger partial charge is 0.504 e. The number of aromatic hydroxyl groups is 1. The van der Waals surface area contributed by atoms with Crippen molar-refractivity contribution in [3.05, 3.63) is 59.2 Å². The molecule has 0 heterocycles. The van der Waals surface area contributed by atoms with E-state index in [1.54, 1.807) is 6.92 Å². The van der Waals surface area contributed by atoms with Gasteiger partial charge < -0.3 is 15.6 Å². The van der Waals surface area contributed by atoms with Crippen LogP contribution < -0.4 is 10.5 Å². The van der Waals surface area contributed by atoms with E-state index in [1.165, 1.54) is 23.8 Å². The Hall–Kier alpha value is -2.82. The fraction of sp³-hybridized carbons (Fsp3) is 0.300. The lowest BCUT2D eigenvalue weighted by atomic mass is 9.97. The first kappa shape index (κ1) is 18.5. The molecule has 2 aromatic carbocycles. The van der Waals surface area contributed by atoms with Gasteiger partial charge in [0.15, 0.2) is 11.5 Å². The summed E-state index contributed by atoms with van der Waals surface area (Å²) in [5.74, 6) is -1.76. The number of nitrogens with two attached hydrogens (primary N) is 1. The van der Waals surface area contributed by atoms with Gasteiger partial charge in [-0.15, -0.1) is 0 Å². The minimum Gasteiger partial charge on any atom is -0.504 e. The van der Waals surface area contributed by atoms with Crippen molar-refractivity contribution in [2.24, 2.45) is 11.7 Å². The van der Waals surface area contributed by atoms with E-state index in [2.05, 4.69) is 13.8 Å². The van der Waals surface area contributed by atoms with Crippen LogP contribution in [-0.4, -0.2) is 17.0 Å². The van der Waals surface area contributed by atoms with E-state index < -0.39 is 23.5 Å². The summed E-state index contributed by atoms with van der Waals surface area (Å²) in [6.45, 7) is 6.04. The molecule has 5 heteroatoms. The maximum Gasteiger partial charge on any atom is 0.318 e. The van der Waals surface area contributed by atoms with Gasteiger partial charge in [-0.1, -0.05) is 44.2 Å². The first-order valence-electron chi connectivity index (χ1n) is 8.22. The van der Waals surface area contributed by atoms with Crippen LogP contribution in [-0.2, 0) is 11.2 Å². The summed E-state index contributed by atoms with van der Waals surface area (Å²) >= 11 is 0. The number of primary amides is 1. The standard InChI is InChI=1S/C20H23NO4/c1-12(2)11-14-7-9-15(10-8-14)13(3)20(24)25-17-6-4-5-16(18(17)22)19(21)23/h4-10,12-13,22H,11H2,1-3H3,(H2,21,23). The van der Waals surface area contributed by atoms with Crippen LogP contribution in [0.5, 0.6) is 11.5 Å². The number of benzene rings is 2. The van der Waals surface area contributed by atoms with Crippen molar-refractivity contribution in [1.82, 2.24) is 0 Å². The highest BCUT2D eigenvalue weighted by Gasteiger charge is 2.21. The molecule has 25 heavy (non-hydrogen) atoms. The van der Waals surface area contributed by atoms with E-state index in [0.717, 1.165) is 12.0 Å². The fourth-order valence-electron chi connectivity index (χ4n) is 2.55. The van der Waals surface area contributed by atoms with Gasteiger partial charge in [0.2, 0.25) is 0 Å². The average molecular weight is 341 g/mol. The Morgan fingerprint density at radius 1 is 1.08 bits per heavy atom. The van der Waals surface area contributed by atoms with Gasteiger partial charge in [-0.2, -0.15) is 0 Å². The topological polar surface area (TPSA) is 89.6 Å². The minimum atomic E-state index is -0.788. The molecule has 1 unspecified atom stereocenters. The van der Waals surface area contributed by atoms with Crippen molar-refractivity contribution in [2.45, 2.75) is 33.1 Å². The summed E-state index contributed by atoms with van der Waals surface area (Å²) in [6, 6.07) is 12.1. The van der Waals surface area contributed by atoms with Gasteiger partial charge in [-0.3, -0.25) is 9.59 Å². The molecule has 3 N–H and O–H groups in total. The Bertz CT molecular complexity index is 766. The lowest BCUT2D eigenvalue weighted by molar-refractivity contribution is -0.135. The summed E-state index contributed by atoms with van der Waals surface area (Å²) in [6.07, 6.45) is 0.979. The van der Waals surface area contributed by atoms with Gasteiger partial charge in [-0.05, 0) is 42.5 Å². The number of hydrogen-bond acceptors (Lipinski definition) is 4. The first-order valence-corrected chi connectivity index (χ1v) is 8.22. The number of carbonyl (C=O) groups excluding carboxylic acids is 2. The molecule has 1 atom stereocenters. The van der Waals surface area contributed by atoms with Crippen LogP contribution in [0.4, 0.5) is 0 Å². The molecule has 1 amide bonds. The van der Waals surface area contributed by atoms with E-state index >= 15 is 0 Å². The molecule has 2 aromatic rings. The van der Waals surface area contributed by atoms with Crippen molar-refractivity contribution >= 4 is 11.9 Å². The van der Waals surface area contributed by atoms with Crippen LogP contribution >= 0.6 is 0 Å². The van der Waals surface area contributed by atoms with Gasteiger partial charge in [0.1, 0.15) is 0 Å². The second-order valence-corrected chi connectivity index (χ2v) is 6.50. The molecule has 0 saturated heterocycles. The van der Waals surface area contributed by atoms with E-state index in [9.17, 15) is 14.7 Å². The van der Waals surface area contributed by atoms with Gasteiger partial charge in [0.25, 0.3) is 5.91 Å². The van der Waals surface area contributed by atoms with Crippen LogP contribution in [0.15, 0.2) is 42.5 Å². The SMILES string of the molecule is CC(C)Cc1ccc(C(C)C(=O)Oc2cccc(C(N)=O)c2O)cc1. The number of hydrogen-bond donors (Lipinski definition) is 2. The maximum atomic E-state index is 12.4. The quantitative estimate of drug-likeness (QED) is 0.622. The molecule has 0 aliphatic rings. The van der Waals surface area contributed by atoms with Crippen LogP contribution in [0.2, 0.25) is 0 Å². The molecule has 0 saturated carbocycles. The Kier molecular flexibility index (Phi) is 5.80. The van der Waals surface area contributed by atoms with Crippen molar-refractivity contribution in [3.63, 3.8) is 0 Å². The number of ether oxygens (including phenoxy) is 1. The summed E-state index contributed by atoms with van der Waals surface area (Å²) in [7, 11) is 0.